The van der Waals surface area contributed by atoms with Crippen LogP contribution < -0.4 is 11.1 Å². The lowest BCUT2D eigenvalue weighted by Crippen LogP contribution is -2.28. The van der Waals surface area contributed by atoms with Gasteiger partial charge in [0.1, 0.15) is 0 Å². The zero-order chi connectivity index (χ0) is 13.7. The normalized spacial score (nSPS) is 12.5. The lowest BCUT2D eigenvalue weighted by atomic mass is 10.1. The van der Waals surface area contributed by atoms with E-state index in [4.69, 9.17) is 5.73 Å². The summed E-state index contributed by atoms with van der Waals surface area (Å²) in [6.07, 6.45) is 3.36. The van der Waals surface area contributed by atoms with Gasteiger partial charge in [0.05, 0.1) is 0 Å². The highest BCUT2D eigenvalue weighted by molar-refractivity contribution is 5.83. The van der Waals surface area contributed by atoms with Gasteiger partial charge in [-0.1, -0.05) is 25.1 Å². The van der Waals surface area contributed by atoms with Gasteiger partial charge in [0.15, 0.2) is 0 Å². The molecule has 1 aromatic carbocycles. The monoisotopic (exact) mass is 259 g/mol. The van der Waals surface area contributed by atoms with Gasteiger partial charge in [-0.15, -0.1) is 0 Å². The highest BCUT2D eigenvalue weighted by atomic mass is 16.1. The van der Waals surface area contributed by atoms with E-state index in [-0.39, 0.29) is 11.8 Å². The van der Waals surface area contributed by atoms with Gasteiger partial charge >= 0.3 is 0 Å². The third kappa shape index (κ3) is 3.58. The van der Waals surface area contributed by atoms with Crippen LogP contribution in [0, 0.1) is 5.92 Å². The number of nitrogens with two attached hydrogens (primary N) is 1. The van der Waals surface area contributed by atoms with Crippen molar-refractivity contribution in [1.29, 1.82) is 0 Å². The third-order valence-electron chi connectivity index (χ3n) is 3.33. The topological polar surface area (TPSA) is 70.9 Å². The van der Waals surface area contributed by atoms with Crippen molar-refractivity contribution in [2.24, 2.45) is 11.7 Å². The van der Waals surface area contributed by atoms with Crippen molar-refractivity contribution in [3.8, 4) is 0 Å². The van der Waals surface area contributed by atoms with Crippen molar-refractivity contribution < 1.29 is 4.79 Å². The van der Waals surface area contributed by atoms with Crippen LogP contribution >= 0.6 is 0 Å². The fourth-order valence-electron chi connectivity index (χ4n) is 2.15. The number of benzene rings is 1. The van der Waals surface area contributed by atoms with Gasteiger partial charge in [-0.3, -0.25) is 4.79 Å². The average molecular weight is 259 g/mol. The molecule has 0 aliphatic rings. The number of H-pyrrole nitrogens is 1. The van der Waals surface area contributed by atoms with E-state index in [1.807, 2.05) is 25.3 Å². The lowest BCUT2D eigenvalue weighted by Gasteiger charge is -2.08. The summed E-state index contributed by atoms with van der Waals surface area (Å²) in [4.78, 5) is 14.9. The number of carbonyl (C=O) groups excluding carboxylic acids is 1. The first kappa shape index (κ1) is 13.6. The minimum Gasteiger partial charge on any atom is -0.361 e. The van der Waals surface area contributed by atoms with Crippen molar-refractivity contribution in [2.75, 3.05) is 13.1 Å². The van der Waals surface area contributed by atoms with Crippen LogP contribution in [-0.2, 0) is 11.2 Å². The zero-order valence-corrected chi connectivity index (χ0v) is 11.3. The van der Waals surface area contributed by atoms with Gasteiger partial charge in [-0.25, -0.2) is 0 Å². The van der Waals surface area contributed by atoms with Crippen molar-refractivity contribution >= 4 is 16.8 Å². The maximum Gasteiger partial charge on any atom is 0.220 e. The number of aromatic amines is 1. The van der Waals surface area contributed by atoms with E-state index in [9.17, 15) is 4.79 Å². The van der Waals surface area contributed by atoms with Crippen LogP contribution in [0.25, 0.3) is 10.9 Å². The lowest BCUT2D eigenvalue weighted by molar-refractivity contribution is -0.121. The molecular formula is C15H21N3O. The van der Waals surface area contributed by atoms with Gasteiger partial charge in [-0.05, 0) is 30.5 Å². The number of aromatic nitrogens is 1. The molecule has 102 valence electrons. The second-order valence-corrected chi connectivity index (χ2v) is 5.00. The summed E-state index contributed by atoms with van der Waals surface area (Å²) in [6.45, 7) is 3.20. The van der Waals surface area contributed by atoms with E-state index >= 15 is 0 Å². The van der Waals surface area contributed by atoms with Crippen LogP contribution in [0.5, 0.6) is 0 Å². The molecule has 1 aromatic heterocycles. The van der Waals surface area contributed by atoms with Crippen LogP contribution in [0.15, 0.2) is 30.5 Å². The first-order valence-corrected chi connectivity index (χ1v) is 6.72. The second-order valence-electron chi connectivity index (χ2n) is 5.00. The summed E-state index contributed by atoms with van der Waals surface area (Å²) in [7, 11) is 0. The summed E-state index contributed by atoms with van der Waals surface area (Å²) >= 11 is 0. The Kier molecular flexibility index (Phi) is 4.58. The molecule has 0 spiro atoms. The molecule has 0 saturated carbocycles. The largest absolute Gasteiger partial charge is 0.361 e. The Labute approximate surface area is 113 Å². The molecule has 0 aliphatic carbocycles. The van der Waals surface area contributed by atoms with Crippen molar-refractivity contribution in [3.05, 3.63) is 36.0 Å². The highest BCUT2D eigenvalue weighted by Crippen LogP contribution is 2.17. The Bertz CT molecular complexity index is 547. The standard InChI is InChI=1S/C15H21N3O/c1-11(9-16)8-15(19)17-7-6-12-10-18-14-5-3-2-4-13(12)14/h2-5,10-11,18H,6-9,16H2,1H3,(H,17,19). The average Bonchev–Trinajstić information content (AvgIpc) is 2.82. The molecule has 2 aromatic rings. The summed E-state index contributed by atoms with van der Waals surface area (Å²) in [5.74, 6) is 0.325. The zero-order valence-electron chi connectivity index (χ0n) is 11.3. The second kappa shape index (κ2) is 6.38. The maximum absolute atomic E-state index is 11.6. The molecule has 0 saturated heterocycles. The number of amides is 1. The Balaban J connectivity index is 1.84. The van der Waals surface area contributed by atoms with Crippen molar-refractivity contribution in [3.63, 3.8) is 0 Å². The highest BCUT2D eigenvalue weighted by Gasteiger charge is 2.07. The molecule has 2 rings (SSSR count). The number of carbonyl (C=O) groups is 1. The molecule has 4 N–H and O–H groups in total. The molecule has 0 bridgehead atoms. The molecule has 1 atom stereocenters. The molecule has 4 nitrogen and oxygen atoms in total. The SMILES string of the molecule is CC(CN)CC(=O)NCCc1c[nH]c2ccccc12. The fraction of sp³-hybridized carbons (Fsp3) is 0.400. The molecule has 4 heteroatoms. The first-order chi connectivity index (χ1) is 9.20. The van der Waals surface area contributed by atoms with Crippen LogP contribution in [0.4, 0.5) is 0 Å². The van der Waals surface area contributed by atoms with Crippen LogP contribution in [-0.4, -0.2) is 24.0 Å². The summed E-state index contributed by atoms with van der Waals surface area (Å²) in [5.41, 5.74) is 7.88. The minimum absolute atomic E-state index is 0.0813. The number of fused-ring (bicyclic) bond motifs is 1. The number of nitrogens with one attached hydrogen (secondary N) is 2. The molecule has 19 heavy (non-hydrogen) atoms. The Morgan fingerprint density at radius 2 is 2.21 bits per heavy atom. The number of hydrogen-bond acceptors (Lipinski definition) is 2. The van der Waals surface area contributed by atoms with Gasteiger partial charge in [0.25, 0.3) is 0 Å². The molecule has 1 amide bonds. The quantitative estimate of drug-likeness (QED) is 0.740. The molecular weight excluding hydrogens is 238 g/mol. The molecule has 0 aliphatic heterocycles. The number of para-hydroxylation sites is 1. The predicted octanol–water partition coefficient (Wildman–Crippen LogP) is 1.81. The molecule has 1 unspecified atom stereocenters. The van der Waals surface area contributed by atoms with E-state index < -0.39 is 0 Å². The Hall–Kier alpha value is -1.81. The van der Waals surface area contributed by atoms with E-state index in [0.29, 0.717) is 19.5 Å². The third-order valence-corrected chi connectivity index (χ3v) is 3.33. The van der Waals surface area contributed by atoms with E-state index in [0.717, 1.165) is 11.9 Å². The molecule has 0 radical (unpaired) electrons. The van der Waals surface area contributed by atoms with E-state index in [2.05, 4.69) is 22.4 Å². The van der Waals surface area contributed by atoms with Crippen molar-refractivity contribution in [2.45, 2.75) is 19.8 Å². The van der Waals surface area contributed by atoms with E-state index in [1.165, 1.54) is 10.9 Å². The summed E-state index contributed by atoms with van der Waals surface area (Å²) in [5, 5.41) is 4.17. The number of hydrogen-bond donors (Lipinski definition) is 3. The summed E-state index contributed by atoms with van der Waals surface area (Å²) < 4.78 is 0. The molecule has 1 heterocycles. The minimum atomic E-state index is 0.0813. The van der Waals surface area contributed by atoms with Gasteiger partial charge in [-0.2, -0.15) is 0 Å². The van der Waals surface area contributed by atoms with E-state index in [1.54, 1.807) is 0 Å². The first-order valence-electron chi connectivity index (χ1n) is 6.72. The number of rotatable bonds is 6. The van der Waals surface area contributed by atoms with Crippen LogP contribution in [0.3, 0.4) is 0 Å². The van der Waals surface area contributed by atoms with Crippen molar-refractivity contribution in [1.82, 2.24) is 10.3 Å². The van der Waals surface area contributed by atoms with Gasteiger partial charge in [0.2, 0.25) is 5.91 Å². The summed E-state index contributed by atoms with van der Waals surface area (Å²) in [6, 6.07) is 8.19. The van der Waals surface area contributed by atoms with Crippen LogP contribution in [0.1, 0.15) is 18.9 Å². The maximum atomic E-state index is 11.6. The van der Waals surface area contributed by atoms with Gasteiger partial charge in [0, 0.05) is 30.1 Å². The Morgan fingerprint density at radius 3 is 3.00 bits per heavy atom. The predicted molar refractivity (Wildman–Crippen MR) is 77.8 cm³/mol. The smallest absolute Gasteiger partial charge is 0.220 e. The van der Waals surface area contributed by atoms with Crippen LogP contribution in [0.2, 0.25) is 0 Å². The fourth-order valence-corrected chi connectivity index (χ4v) is 2.15. The van der Waals surface area contributed by atoms with Gasteiger partial charge < -0.3 is 16.0 Å². The molecule has 0 fully saturated rings. The Morgan fingerprint density at radius 1 is 1.42 bits per heavy atom.